The van der Waals surface area contributed by atoms with Gasteiger partial charge in [0.1, 0.15) is 9.46 Å². The first-order valence-electron chi connectivity index (χ1n) is 8.17. The van der Waals surface area contributed by atoms with E-state index < -0.39 is 15.3 Å². The van der Waals surface area contributed by atoms with E-state index in [2.05, 4.69) is 4.40 Å². The zero-order chi connectivity index (χ0) is 19.7. The number of nitrogens with zero attached hydrogens (tertiary/aromatic N) is 2. The molecule has 142 valence electrons. The van der Waals surface area contributed by atoms with Crippen LogP contribution in [0.25, 0.3) is 0 Å². The number of para-hydroxylation sites is 1. The summed E-state index contributed by atoms with van der Waals surface area (Å²) in [4.78, 5) is 14.5. The summed E-state index contributed by atoms with van der Waals surface area (Å²) in [5.74, 6) is -0.236. The van der Waals surface area contributed by atoms with Crippen LogP contribution in [-0.2, 0) is 14.8 Å². The summed E-state index contributed by atoms with van der Waals surface area (Å²) in [6, 6.07) is 21.0. The van der Waals surface area contributed by atoms with Crippen molar-refractivity contribution in [2.24, 2.45) is 4.40 Å². The van der Waals surface area contributed by atoms with Gasteiger partial charge in [-0.15, -0.1) is 15.7 Å². The first-order chi connectivity index (χ1) is 13.5. The number of amides is 1. The van der Waals surface area contributed by atoms with Gasteiger partial charge in [0.25, 0.3) is 15.9 Å². The van der Waals surface area contributed by atoms with Gasteiger partial charge in [-0.05, 0) is 29.8 Å². The molecule has 28 heavy (non-hydrogen) atoms. The number of carbonyl (C=O) groups is 1. The third kappa shape index (κ3) is 3.73. The molecule has 9 heteroatoms. The van der Waals surface area contributed by atoms with E-state index in [9.17, 15) is 13.2 Å². The molecule has 5 nitrogen and oxygen atoms in total. The van der Waals surface area contributed by atoms with E-state index in [0.29, 0.717) is 10.0 Å². The Morgan fingerprint density at radius 3 is 2.18 bits per heavy atom. The molecule has 1 aliphatic rings. The maximum atomic E-state index is 13.2. The molecule has 1 aromatic heterocycles. The van der Waals surface area contributed by atoms with E-state index in [-0.39, 0.29) is 15.3 Å². The number of benzene rings is 2. The lowest BCUT2D eigenvalue weighted by Crippen LogP contribution is -2.30. The zero-order valence-electron chi connectivity index (χ0n) is 14.2. The summed E-state index contributed by atoms with van der Waals surface area (Å²) >= 11 is 7.92. The number of thiophene rings is 1. The van der Waals surface area contributed by atoms with Crippen molar-refractivity contribution in [3.05, 3.63) is 82.7 Å². The highest BCUT2D eigenvalue weighted by molar-refractivity contribution is 8.16. The smallest absolute Gasteiger partial charge is 0.272 e. The molecule has 1 atom stereocenters. The van der Waals surface area contributed by atoms with Crippen LogP contribution in [0.1, 0.15) is 10.8 Å². The zero-order valence-corrected chi connectivity index (χ0v) is 17.4. The number of rotatable bonds is 4. The molecule has 0 radical (unpaired) electrons. The van der Waals surface area contributed by atoms with Crippen LogP contribution in [0.5, 0.6) is 0 Å². The molecule has 1 aliphatic heterocycles. The summed E-state index contributed by atoms with van der Waals surface area (Å²) in [7, 11) is -3.99. The van der Waals surface area contributed by atoms with Gasteiger partial charge in [0, 0.05) is 0 Å². The van der Waals surface area contributed by atoms with Gasteiger partial charge in [-0.3, -0.25) is 9.69 Å². The minimum absolute atomic E-state index is 0.0363. The number of thioether (sulfide) groups is 1. The van der Waals surface area contributed by atoms with Gasteiger partial charge in [0.2, 0.25) is 0 Å². The summed E-state index contributed by atoms with van der Waals surface area (Å²) in [5, 5.41) is -0.447. The van der Waals surface area contributed by atoms with Crippen LogP contribution in [0.4, 0.5) is 5.69 Å². The van der Waals surface area contributed by atoms with Crippen LogP contribution in [0.3, 0.4) is 0 Å². The Kier molecular flexibility index (Phi) is 5.29. The van der Waals surface area contributed by atoms with Crippen molar-refractivity contribution in [3.63, 3.8) is 0 Å². The maximum absolute atomic E-state index is 13.2. The topological polar surface area (TPSA) is 66.8 Å². The number of hydrogen-bond donors (Lipinski definition) is 0. The highest BCUT2D eigenvalue weighted by atomic mass is 35.5. The monoisotopic (exact) mass is 448 g/mol. The van der Waals surface area contributed by atoms with E-state index >= 15 is 0 Å². The predicted octanol–water partition coefficient (Wildman–Crippen LogP) is 4.97. The molecular formula is C19H13ClN2O3S3. The van der Waals surface area contributed by atoms with Crippen molar-refractivity contribution in [2.75, 3.05) is 4.90 Å². The largest absolute Gasteiger partial charge is 0.294 e. The highest BCUT2D eigenvalue weighted by Crippen LogP contribution is 2.42. The first kappa shape index (κ1) is 19.2. The number of hydrogen-bond acceptors (Lipinski definition) is 5. The number of anilines is 1. The second-order valence-electron chi connectivity index (χ2n) is 5.83. The molecule has 3 aromatic rings. The Balaban J connectivity index is 1.80. The van der Waals surface area contributed by atoms with Crippen molar-refractivity contribution in [3.8, 4) is 0 Å². The summed E-state index contributed by atoms with van der Waals surface area (Å²) < 4.78 is 29.9. The second-order valence-corrected chi connectivity index (χ2v) is 10.4. The Bertz CT molecular complexity index is 1150. The molecule has 0 spiro atoms. The van der Waals surface area contributed by atoms with Crippen molar-refractivity contribution in [2.45, 2.75) is 9.46 Å². The van der Waals surface area contributed by atoms with Crippen LogP contribution < -0.4 is 4.90 Å². The fourth-order valence-corrected chi connectivity index (χ4v) is 6.53. The molecule has 4 rings (SSSR count). The van der Waals surface area contributed by atoms with Crippen LogP contribution in [0, 0.1) is 0 Å². The number of halogens is 1. The van der Waals surface area contributed by atoms with E-state index in [1.165, 1.54) is 17.0 Å². The van der Waals surface area contributed by atoms with Gasteiger partial charge in [0.15, 0.2) is 5.17 Å². The number of amidine groups is 1. The molecule has 0 N–H and O–H groups in total. The lowest BCUT2D eigenvalue weighted by atomic mass is 10.1. The fraction of sp³-hybridized carbons (Fsp3) is 0.0526. The van der Waals surface area contributed by atoms with E-state index in [0.717, 1.165) is 28.7 Å². The third-order valence-corrected chi connectivity index (χ3v) is 8.25. The van der Waals surface area contributed by atoms with Gasteiger partial charge in [-0.1, -0.05) is 71.9 Å². The molecule has 1 saturated heterocycles. The fourth-order valence-electron chi connectivity index (χ4n) is 2.72. The average Bonchev–Trinajstić information content (AvgIpc) is 3.27. The molecule has 0 bridgehead atoms. The van der Waals surface area contributed by atoms with E-state index in [1.54, 1.807) is 24.3 Å². The molecule has 2 heterocycles. The standard InChI is InChI=1S/C19H13ClN2O3S3/c20-15-11-12-16(26-15)28(24,25)21-19-22(14-9-5-2-6-10-14)18(23)17(27-19)13-7-3-1-4-8-13/h1-12,17H/t17-/m1/s1. The van der Waals surface area contributed by atoms with Gasteiger partial charge < -0.3 is 0 Å². The third-order valence-electron chi connectivity index (χ3n) is 3.98. The van der Waals surface area contributed by atoms with Crippen LogP contribution >= 0.6 is 34.7 Å². The Hall–Kier alpha value is -2.13. The Morgan fingerprint density at radius 2 is 1.57 bits per heavy atom. The van der Waals surface area contributed by atoms with Crippen molar-refractivity contribution < 1.29 is 13.2 Å². The normalized spacial score (nSPS) is 18.8. The molecule has 0 unspecified atom stereocenters. The summed E-state index contributed by atoms with van der Waals surface area (Å²) in [5.41, 5.74) is 1.36. The minimum atomic E-state index is -3.99. The number of carbonyl (C=O) groups excluding carboxylic acids is 1. The first-order valence-corrected chi connectivity index (χ1v) is 11.7. The van der Waals surface area contributed by atoms with Crippen LogP contribution in [0.15, 0.2) is 81.4 Å². The second kappa shape index (κ2) is 7.71. The van der Waals surface area contributed by atoms with Crippen LogP contribution in [0.2, 0.25) is 4.34 Å². The lowest BCUT2D eigenvalue weighted by Gasteiger charge is -2.16. The quantitative estimate of drug-likeness (QED) is 0.565. The number of sulfonamides is 1. The van der Waals surface area contributed by atoms with Gasteiger partial charge >= 0.3 is 0 Å². The van der Waals surface area contributed by atoms with E-state index in [4.69, 9.17) is 11.6 Å². The SMILES string of the molecule is O=C1[C@@H](c2ccccc2)SC(=NS(=O)(=O)c2ccc(Cl)s2)N1c1ccccc1. The molecule has 0 saturated carbocycles. The predicted molar refractivity (Wildman–Crippen MR) is 115 cm³/mol. The Labute approximate surface area is 175 Å². The molecule has 0 aliphatic carbocycles. The van der Waals surface area contributed by atoms with Crippen molar-refractivity contribution in [1.82, 2.24) is 0 Å². The summed E-state index contributed by atoms with van der Waals surface area (Å²) in [6.07, 6.45) is 0. The average molecular weight is 449 g/mol. The molecular weight excluding hydrogens is 436 g/mol. The molecule has 1 amide bonds. The molecule has 1 fully saturated rings. The summed E-state index contributed by atoms with van der Waals surface area (Å²) in [6.45, 7) is 0. The lowest BCUT2D eigenvalue weighted by molar-refractivity contribution is -0.117. The Morgan fingerprint density at radius 1 is 0.929 bits per heavy atom. The maximum Gasteiger partial charge on any atom is 0.294 e. The van der Waals surface area contributed by atoms with Crippen LogP contribution in [-0.4, -0.2) is 19.5 Å². The van der Waals surface area contributed by atoms with Crippen molar-refractivity contribution in [1.29, 1.82) is 0 Å². The van der Waals surface area contributed by atoms with E-state index in [1.807, 2.05) is 36.4 Å². The van der Waals surface area contributed by atoms with Crippen molar-refractivity contribution >= 4 is 61.5 Å². The van der Waals surface area contributed by atoms with Gasteiger partial charge in [-0.25, -0.2) is 0 Å². The minimum Gasteiger partial charge on any atom is -0.272 e. The van der Waals surface area contributed by atoms with Gasteiger partial charge in [0.05, 0.1) is 10.0 Å². The molecule has 2 aromatic carbocycles. The van der Waals surface area contributed by atoms with Gasteiger partial charge in [-0.2, -0.15) is 8.42 Å². The highest BCUT2D eigenvalue weighted by Gasteiger charge is 2.41.